The smallest absolute Gasteiger partial charge is 0.403 e. The summed E-state index contributed by atoms with van der Waals surface area (Å²) in [5.41, 5.74) is 6.78. The molecule has 0 aliphatic heterocycles. The van der Waals surface area contributed by atoms with E-state index in [9.17, 15) is 43.9 Å². The maximum atomic E-state index is 14.6. The van der Waals surface area contributed by atoms with Crippen molar-refractivity contribution in [3.63, 3.8) is 0 Å². The minimum absolute atomic E-state index is 0.164. The maximum Gasteiger partial charge on any atom is 0.573 e. The Morgan fingerprint density at radius 2 is 0.909 bits per heavy atom. The summed E-state index contributed by atoms with van der Waals surface area (Å²) < 4.78 is 138. The number of unbranched alkanes of at least 4 members (excludes halogenated alkanes) is 3. The molecule has 0 bridgehead atoms. The second kappa shape index (κ2) is 17.8. The molecule has 0 saturated heterocycles. The number of allylic oxidation sites excluding steroid dienone is 2. The van der Waals surface area contributed by atoms with E-state index in [0.29, 0.717) is 0 Å². The monoisotopic (exact) mass is 778 g/mol. The molecule has 0 saturated carbocycles. The van der Waals surface area contributed by atoms with Gasteiger partial charge in [-0.05, 0) is 133 Å². The van der Waals surface area contributed by atoms with Gasteiger partial charge < -0.3 is 9.47 Å². The summed E-state index contributed by atoms with van der Waals surface area (Å²) in [4.78, 5) is 0. The molecule has 55 heavy (non-hydrogen) atoms. The number of aryl methyl sites for hydroxylation is 2. The lowest BCUT2D eigenvalue weighted by molar-refractivity contribution is -0.276. The molecule has 294 valence electrons. The largest absolute Gasteiger partial charge is 0.573 e. The Morgan fingerprint density at radius 3 is 1.29 bits per heavy atom. The fourth-order valence-corrected chi connectivity index (χ4v) is 6.74. The van der Waals surface area contributed by atoms with Crippen LogP contribution in [-0.2, 0) is 12.8 Å². The Labute approximate surface area is 313 Å². The highest BCUT2D eigenvalue weighted by Crippen LogP contribution is 2.37. The number of ether oxygens (including phenoxy) is 2. The standard InChI is InChI=1S/C22H21F5O.C21H19F5O/c1-2-3-4-5-14-6-7-15-11-18(19(23)13-17(15)10-14)16-8-9-21(20(24)12-16)28-22(25,26)27;1-2-3-4-13-5-6-14-10-17(18(22)12-16(14)9-13)15-7-8-20(19(23)11-15)27-21(24,25)26/h8-13H,2-7H2,1H3;7-12H,2-6H2,1H3. The lowest BCUT2D eigenvalue weighted by Crippen LogP contribution is -2.17. The molecule has 4 aromatic carbocycles. The molecule has 2 aliphatic carbocycles. The highest BCUT2D eigenvalue weighted by molar-refractivity contribution is 5.72. The fourth-order valence-electron chi connectivity index (χ4n) is 6.74. The molecule has 0 aromatic heterocycles. The number of alkyl halides is 6. The molecular weight excluding hydrogens is 738 g/mol. The van der Waals surface area contributed by atoms with Gasteiger partial charge in [0, 0.05) is 11.1 Å². The van der Waals surface area contributed by atoms with Crippen LogP contribution in [0, 0.1) is 23.3 Å². The molecule has 6 rings (SSSR count). The zero-order valence-corrected chi connectivity index (χ0v) is 30.3. The van der Waals surface area contributed by atoms with Gasteiger partial charge in [-0.2, -0.15) is 0 Å². The molecule has 0 unspecified atom stereocenters. The minimum atomic E-state index is -4.99. The second-order valence-electron chi connectivity index (χ2n) is 13.6. The summed E-state index contributed by atoms with van der Waals surface area (Å²) in [6.45, 7) is 4.26. The minimum Gasteiger partial charge on any atom is -0.403 e. The number of benzene rings is 4. The zero-order valence-electron chi connectivity index (χ0n) is 30.3. The first-order chi connectivity index (χ1) is 26.0. The van der Waals surface area contributed by atoms with E-state index in [1.807, 2.05) is 12.2 Å². The van der Waals surface area contributed by atoms with Gasteiger partial charge in [0.1, 0.15) is 11.6 Å². The van der Waals surface area contributed by atoms with E-state index in [-0.39, 0.29) is 22.3 Å². The van der Waals surface area contributed by atoms with Crippen LogP contribution in [-0.4, -0.2) is 12.7 Å². The van der Waals surface area contributed by atoms with Crippen LogP contribution in [0.2, 0.25) is 0 Å². The molecule has 0 N–H and O–H groups in total. The molecule has 0 atom stereocenters. The van der Waals surface area contributed by atoms with E-state index in [1.165, 1.54) is 35.4 Å². The Bertz CT molecular complexity index is 2040. The average molecular weight is 779 g/mol. The van der Waals surface area contributed by atoms with E-state index in [0.717, 1.165) is 117 Å². The van der Waals surface area contributed by atoms with Gasteiger partial charge in [-0.3, -0.25) is 0 Å². The van der Waals surface area contributed by atoms with Crippen LogP contribution in [0.5, 0.6) is 11.5 Å². The van der Waals surface area contributed by atoms with Crippen LogP contribution in [0.4, 0.5) is 43.9 Å². The van der Waals surface area contributed by atoms with Crippen LogP contribution in [0.3, 0.4) is 0 Å². The SMILES string of the molecule is CCCCC1=Cc2cc(F)c(-c3ccc(OC(F)(F)F)c(F)c3)cc2CC1.CCCCCC1=Cc2cc(F)c(-c3ccc(OC(F)(F)F)c(F)c3)cc2CC1. The van der Waals surface area contributed by atoms with Crippen LogP contribution in [0.1, 0.15) is 93.9 Å². The summed E-state index contributed by atoms with van der Waals surface area (Å²) in [6, 6.07) is 12.0. The van der Waals surface area contributed by atoms with Gasteiger partial charge in [0.2, 0.25) is 0 Å². The third-order valence-electron chi connectivity index (χ3n) is 9.50. The van der Waals surface area contributed by atoms with E-state index < -0.39 is 47.5 Å². The van der Waals surface area contributed by atoms with Crippen molar-refractivity contribution >= 4 is 12.2 Å². The van der Waals surface area contributed by atoms with Crippen molar-refractivity contribution in [1.29, 1.82) is 0 Å². The normalized spacial score (nSPS) is 13.9. The van der Waals surface area contributed by atoms with Crippen molar-refractivity contribution in [3.05, 3.63) is 117 Å². The van der Waals surface area contributed by atoms with Crippen molar-refractivity contribution in [1.82, 2.24) is 0 Å². The molecular formula is C43H40F10O2. The molecule has 2 aliphatic rings. The number of hydrogen-bond donors (Lipinski definition) is 0. The third kappa shape index (κ3) is 11.4. The van der Waals surface area contributed by atoms with E-state index in [2.05, 4.69) is 23.3 Å². The predicted octanol–water partition coefficient (Wildman–Crippen LogP) is 14.5. The molecule has 4 aromatic rings. The first-order valence-electron chi connectivity index (χ1n) is 18.2. The van der Waals surface area contributed by atoms with Crippen LogP contribution in [0.15, 0.2) is 71.8 Å². The van der Waals surface area contributed by atoms with Gasteiger partial charge in [-0.1, -0.05) is 68.5 Å². The maximum absolute atomic E-state index is 14.6. The Balaban J connectivity index is 0.000000211. The molecule has 2 nitrogen and oxygen atoms in total. The predicted molar refractivity (Wildman–Crippen MR) is 193 cm³/mol. The Kier molecular flexibility index (Phi) is 13.4. The fraction of sp³-hybridized carbons (Fsp3) is 0.349. The lowest BCUT2D eigenvalue weighted by Gasteiger charge is -2.18. The van der Waals surface area contributed by atoms with Crippen molar-refractivity contribution in [3.8, 4) is 33.8 Å². The number of halogens is 10. The molecule has 0 spiro atoms. The molecule has 0 fully saturated rings. The van der Waals surface area contributed by atoms with Crippen molar-refractivity contribution in [2.24, 2.45) is 0 Å². The highest BCUT2D eigenvalue weighted by atomic mass is 19.4. The summed E-state index contributed by atoms with van der Waals surface area (Å²) in [5.74, 6) is -5.32. The lowest BCUT2D eigenvalue weighted by atomic mass is 9.87. The highest BCUT2D eigenvalue weighted by Gasteiger charge is 2.33. The Morgan fingerprint density at radius 1 is 0.491 bits per heavy atom. The first kappa shape index (κ1) is 41.4. The van der Waals surface area contributed by atoms with E-state index >= 15 is 0 Å². The van der Waals surface area contributed by atoms with Crippen LogP contribution in [0.25, 0.3) is 34.4 Å². The summed E-state index contributed by atoms with van der Waals surface area (Å²) in [6.07, 6.45) is 4.96. The average Bonchev–Trinajstić information content (AvgIpc) is 3.11. The van der Waals surface area contributed by atoms with Gasteiger partial charge in [-0.25, -0.2) is 17.6 Å². The van der Waals surface area contributed by atoms with Crippen molar-refractivity contribution in [2.45, 2.75) is 97.2 Å². The molecule has 0 amide bonds. The zero-order chi connectivity index (χ0) is 39.9. The topological polar surface area (TPSA) is 18.5 Å². The second-order valence-corrected chi connectivity index (χ2v) is 13.6. The van der Waals surface area contributed by atoms with Gasteiger partial charge in [-0.15, -0.1) is 26.3 Å². The third-order valence-corrected chi connectivity index (χ3v) is 9.50. The van der Waals surface area contributed by atoms with Gasteiger partial charge in [0.25, 0.3) is 0 Å². The van der Waals surface area contributed by atoms with E-state index in [4.69, 9.17) is 0 Å². The van der Waals surface area contributed by atoms with E-state index in [1.54, 1.807) is 12.1 Å². The quantitative estimate of drug-likeness (QED) is 0.112. The Hall–Kier alpha value is -4.74. The number of hydrogen-bond acceptors (Lipinski definition) is 2. The van der Waals surface area contributed by atoms with Gasteiger partial charge in [0.15, 0.2) is 23.1 Å². The van der Waals surface area contributed by atoms with Gasteiger partial charge >= 0.3 is 12.7 Å². The molecule has 0 radical (unpaired) electrons. The van der Waals surface area contributed by atoms with Crippen molar-refractivity contribution in [2.75, 3.05) is 0 Å². The van der Waals surface area contributed by atoms with Crippen LogP contribution >= 0.6 is 0 Å². The number of fused-ring (bicyclic) bond motifs is 2. The molecule has 12 heteroatoms. The number of rotatable bonds is 11. The van der Waals surface area contributed by atoms with Crippen LogP contribution < -0.4 is 9.47 Å². The van der Waals surface area contributed by atoms with Crippen molar-refractivity contribution < 1.29 is 53.4 Å². The summed E-state index contributed by atoms with van der Waals surface area (Å²) >= 11 is 0. The molecule has 0 heterocycles. The first-order valence-corrected chi connectivity index (χ1v) is 18.2. The summed E-state index contributed by atoms with van der Waals surface area (Å²) in [5, 5.41) is 0. The summed E-state index contributed by atoms with van der Waals surface area (Å²) in [7, 11) is 0. The van der Waals surface area contributed by atoms with Gasteiger partial charge in [0.05, 0.1) is 0 Å².